The van der Waals surface area contributed by atoms with Gasteiger partial charge in [-0.2, -0.15) is 0 Å². The van der Waals surface area contributed by atoms with Crippen molar-refractivity contribution in [3.05, 3.63) is 33.3 Å². The summed E-state index contributed by atoms with van der Waals surface area (Å²) in [6.45, 7) is 0. The molecule has 1 aromatic rings. The van der Waals surface area contributed by atoms with Gasteiger partial charge in [0.05, 0.1) is 15.6 Å². The third-order valence-corrected chi connectivity index (χ3v) is 4.11. The van der Waals surface area contributed by atoms with Gasteiger partial charge in [-0.15, -0.1) is 0 Å². The number of amides is 1. The number of carbonyl (C=O) groups is 1. The van der Waals surface area contributed by atoms with E-state index in [0.717, 1.165) is 32.1 Å². The maximum absolute atomic E-state index is 12.1. The smallest absolute Gasteiger partial charge is 0.271 e. The van der Waals surface area contributed by atoms with Gasteiger partial charge in [0.15, 0.2) is 0 Å². The third-order valence-electron chi connectivity index (χ3n) is 3.80. The number of nitro benzene ring substituents is 1. The summed E-state index contributed by atoms with van der Waals surface area (Å²) in [4.78, 5) is 22.2. The van der Waals surface area contributed by atoms with Crippen molar-refractivity contribution < 1.29 is 9.72 Å². The zero-order valence-corrected chi connectivity index (χ0v) is 12.4. The Bertz CT molecular complexity index is 556. The fourth-order valence-corrected chi connectivity index (χ4v) is 2.89. The first-order chi connectivity index (χ1) is 9.89. The fourth-order valence-electron chi connectivity index (χ4n) is 2.67. The first-order valence-corrected chi connectivity index (χ1v) is 7.30. The topological polar surface area (TPSA) is 98.3 Å². The summed E-state index contributed by atoms with van der Waals surface area (Å²) >= 11 is 5.94. The number of halogens is 1. The molecule has 1 aromatic carbocycles. The van der Waals surface area contributed by atoms with Gasteiger partial charge in [-0.3, -0.25) is 14.9 Å². The monoisotopic (exact) mass is 311 g/mol. The van der Waals surface area contributed by atoms with Gasteiger partial charge in [-0.05, 0) is 18.9 Å². The predicted molar refractivity (Wildman–Crippen MR) is 81.4 cm³/mol. The summed E-state index contributed by atoms with van der Waals surface area (Å²) < 4.78 is 0. The summed E-state index contributed by atoms with van der Waals surface area (Å²) in [6, 6.07) is 3.96. The first-order valence-electron chi connectivity index (χ1n) is 6.92. The fraction of sp³-hybridized carbons (Fsp3) is 0.500. The number of nitro groups is 1. The molecule has 1 fully saturated rings. The quantitative estimate of drug-likeness (QED) is 0.658. The molecule has 0 spiro atoms. The second-order valence-corrected chi connectivity index (χ2v) is 5.98. The number of carbonyl (C=O) groups excluding carboxylic acids is 1. The molecule has 3 N–H and O–H groups in total. The summed E-state index contributed by atoms with van der Waals surface area (Å²) in [7, 11) is 0. The van der Waals surface area contributed by atoms with Gasteiger partial charge < -0.3 is 11.1 Å². The molecule has 21 heavy (non-hydrogen) atoms. The number of rotatable bonds is 4. The van der Waals surface area contributed by atoms with Crippen LogP contribution in [0, 0.1) is 10.1 Å². The van der Waals surface area contributed by atoms with Crippen molar-refractivity contribution in [3.8, 4) is 0 Å². The highest BCUT2D eigenvalue weighted by Gasteiger charge is 2.30. The van der Waals surface area contributed by atoms with Crippen LogP contribution in [0.25, 0.3) is 0 Å². The summed E-state index contributed by atoms with van der Waals surface area (Å²) in [6.07, 6.45) is 5.17. The van der Waals surface area contributed by atoms with Crippen molar-refractivity contribution in [2.24, 2.45) is 5.73 Å². The van der Waals surface area contributed by atoms with E-state index in [9.17, 15) is 14.9 Å². The van der Waals surface area contributed by atoms with Gasteiger partial charge in [0.25, 0.3) is 5.69 Å². The van der Waals surface area contributed by atoms with E-state index in [1.807, 2.05) is 0 Å². The summed E-state index contributed by atoms with van der Waals surface area (Å²) in [5.41, 5.74) is 6.04. The van der Waals surface area contributed by atoms with E-state index in [1.165, 1.54) is 18.2 Å². The van der Waals surface area contributed by atoms with E-state index in [4.69, 9.17) is 17.3 Å². The summed E-state index contributed by atoms with van der Waals surface area (Å²) in [5, 5.41) is 13.5. The van der Waals surface area contributed by atoms with Crippen LogP contribution >= 0.6 is 11.6 Å². The molecule has 1 aliphatic carbocycles. The van der Waals surface area contributed by atoms with Crippen molar-refractivity contribution in [2.75, 3.05) is 5.32 Å². The molecule has 0 saturated heterocycles. The molecule has 0 unspecified atom stereocenters. The Hall–Kier alpha value is -1.66. The van der Waals surface area contributed by atoms with Crippen LogP contribution in [0.15, 0.2) is 18.2 Å². The lowest BCUT2D eigenvalue weighted by Crippen LogP contribution is -2.44. The van der Waals surface area contributed by atoms with E-state index in [1.54, 1.807) is 0 Å². The Balaban J connectivity index is 2.01. The van der Waals surface area contributed by atoms with Crippen LogP contribution in [0.1, 0.15) is 38.5 Å². The minimum Gasteiger partial charge on any atom is -0.325 e. The standard InChI is InChI=1S/C14H18ClN3O3/c15-11-8-10(18(20)21)4-5-12(11)17-13(19)9-14(16)6-2-1-3-7-14/h4-5,8H,1-3,6-7,9,16H2,(H,17,19). The molecule has 1 amide bonds. The van der Waals surface area contributed by atoms with Gasteiger partial charge in [0.2, 0.25) is 5.91 Å². The Morgan fingerprint density at radius 1 is 1.38 bits per heavy atom. The highest BCUT2D eigenvalue weighted by atomic mass is 35.5. The zero-order valence-electron chi connectivity index (χ0n) is 11.6. The second-order valence-electron chi connectivity index (χ2n) is 5.57. The molecule has 0 radical (unpaired) electrons. The molecular formula is C14H18ClN3O3. The number of hydrogen-bond acceptors (Lipinski definition) is 4. The molecule has 0 aromatic heterocycles. The average Bonchev–Trinajstić information content (AvgIpc) is 2.41. The van der Waals surface area contributed by atoms with Gasteiger partial charge in [-0.25, -0.2) is 0 Å². The Morgan fingerprint density at radius 3 is 2.62 bits per heavy atom. The minimum absolute atomic E-state index is 0.111. The minimum atomic E-state index is -0.533. The largest absolute Gasteiger partial charge is 0.325 e. The highest BCUT2D eigenvalue weighted by molar-refractivity contribution is 6.33. The molecule has 114 valence electrons. The molecule has 2 rings (SSSR count). The number of anilines is 1. The third kappa shape index (κ3) is 4.15. The molecule has 6 nitrogen and oxygen atoms in total. The second kappa shape index (κ2) is 6.41. The van der Waals surface area contributed by atoms with Crippen LogP contribution in [-0.2, 0) is 4.79 Å². The average molecular weight is 312 g/mol. The van der Waals surface area contributed by atoms with Crippen LogP contribution in [0.5, 0.6) is 0 Å². The lowest BCUT2D eigenvalue weighted by Gasteiger charge is -2.32. The molecular weight excluding hydrogens is 294 g/mol. The zero-order chi connectivity index (χ0) is 15.5. The number of nitrogens with zero attached hydrogens (tertiary/aromatic N) is 1. The van der Waals surface area contributed by atoms with Crippen molar-refractivity contribution in [1.29, 1.82) is 0 Å². The van der Waals surface area contributed by atoms with Crippen molar-refractivity contribution >= 4 is 28.9 Å². The van der Waals surface area contributed by atoms with Crippen molar-refractivity contribution in [2.45, 2.75) is 44.1 Å². The number of hydrogen-bond donors (Lipinski definition) is 2. The highest BCUT2D eigenvalue weighted by Crippen LogP contribution is 2.30. The summed E-state index contributed by atoms with van der Waals surface area (Å²) in [5.74, 6) is -0.213. The molecule has 1 aliphatic rings. The van der Waals surface area contributed by atoms with Gasteiger partial charge >= 0.3 is 0 Å². The van der Waals surface area contributed by atoms with Crippen LogP contribution in [0.3, 0.4) is 0 Å². The van der Waals surface area contributed by atoms with Crippen LogP contribution in [-0.4, -0.2) is 16.4 Å². The molecule has 7 heteroatoms. The van der Waals surface area contributed by atoms with Crippen LogP contribution < -0.4 is 11.1 Å². The molecule has 0 aliphatic heterocycles. The van der Waals surface area contributed by atoms with Crippen molar-refractivity contribution in [3.63, 3.8) is 0 Å². The van der Waals surface area contributed by atoms with Gasteiger partial charge in [0.1, 0.15) is 0 Å². The van der Waals surface area contributed by atoms with E-state index >= 15 is 0 Å². The predicted octanol–water partition coefficient (Wildman–Crippen LogP) is 3.24. The van der Waals surface area contributed by atoms with Gasteiger partial charge in [-0.1, -0.05) is 30.9 Å². The lowest BCUT2D eigenvalue weighted by atomic mass is 9.80. The Kier molecular flexibility index (Phi) is 4.80. The first kappa shape index (κ1) is 15.7. The molecule has 0 bridgehead atoms. The molecule has 1 saturated carbocycles. The van der Waals surface area contributed by atoms with E-state index < -0.39 is 10.5 Å². The number of benzene rings is 1. The Morgan fingerprint density at radius 2 is 2.05 bits per heavy atom. The Labute approximate surface area is 127 Å². The van der Waals surface area contributed by atoms with Gasteiger partial charge in [0, 0.05) is 24.1 Å². The normalized spacial score (nSPS) is 17.2. The lowest BCUT2D eigenvalue weighted by molar-refractivity contribution is -0.384. The number of nitrogens with two attached hydrogens (primary N) is 1. The maximum atomic E-state index is 12.1. The molecule has 0 atom stereocenters. The van der Waals surface area contributed by atoms with Crippen LogP contribution in [0.4, 0.5) is 11.4 Å². The molecule has 0 heterocycles. The number of nitrogens with one attached hydrogen (secondary N) is 1. The van der Waals surface area contributed by atoms with Crippen LogP contribution in [0.2, 0.25) is 5.02 Å². The van der Waals surface area contributed by atoms with E-state index in [2.05, 4.69) is 5.32 Å². The van der Waals surface area contributed by atoms with E-state index in [-0.39, 0.29) is 23.0 Å². The van der Waals surface area contributed by atoms with Crippen molar-refractivity contribution in [1.82, 2.24) is 0 Å². The SMILES string of the molecule is NC1(CC(=O)Nc2ccc([N+](=O)[O-])cc2Cl)CCCCC1. The number of non-ortho nitro benzene ring substituents is 1. The van der Waals surface area contributed by atoms with E-state index in [0.29, 0.717) is 5.69 Å². The maximum Gasteiger partial charge on any atom is 0.271 e.